The normalized spacial score (nSPS) is 9.92. The van der Waals surface area contributed by atoms with E-state index < -0.39 is 0 Å². The molecule has 66 valence electrons. The molecular formula is C8H14N4. The first-order valence-corrected chi connectivity index (χ1v) is 4.07. The van der Waals surface area contributed by atoms with E-state index in [2.05, 4.69) is 22.3 Å². The Labute approximate surface area is 72.2 Å². The van der Waals surface area contributed by atoms with Gasteiger partial charge in [0.05, 0.1) is 17.6 Å². The largest absolute Gasteiger partial charge is 0.307 e. The van der Waals surface area contributed by atoms with Crippen LogP contribution in [0.3, 0.4) is 0 Å². The molecular weight excluding hydrogens is 152 g/mol. The van der Waals surface area contributed by atoms with Gasteiger partial charge in [0.2, 0.25) is 0 Å². The molecule has 0 saturated heterocycles. The van der Waals surface area contributed by atoms with Crippen molar-refractivity contribution < 1.29 is 0 Å². The molecule has 3 N–H and O–H groups in total. The third-order valence-electron chi connectivity index (χ3n) is 1.59. The molecule has 0 aliphatic heterocycles. The maximum absolute atomic E-state index is 5.28. The first kappa shape index (κ1) is 8.93. The number of nitrogen functional groups attached to an aromatic ring is 1. The van der Waals surface area contributed by atoms with Crippen molar-refractivity contribution in [2.75, 3.05) is 5.43 Å². The van der Waals surface area contributed by atoms with Gasteiger partial charge in [-0.25, -0.2) is 10.8 Å². The van der Waals surface area contributed by atoms with E-state index in [1.54, 1.807) is 6.20 Å². The minimum absolute atomic E-state index is 0.683. The quantitative estimate of drug-likeness (QED) is 0.520. The fraction of sp³-hybridized carbons (Fsp3) is 0.500. The Kier molecular flexibility index (Phi) is 2.99. The molecule has 1 rings (SSSR count). The Balaban J connectivity index is 2.95. The Morgan fingerprint density at radius 2 is 2.33 bits per heavy atom. The van der Waals surface area contributed by atoms with Gasteiger partial charge in [-0.2, -0.15) is 0 Å². The van der Waals surface area contributed by atoms with E-state index in [1.165, 1.54) is 0 Å². The van der Waals surface area contributed by atoms with E-state index in [9.17, 15) is 0 Å². The van der Waals surface area contributed by atoms with Crippen LogP contribution in [0, 0.1) is 6.92 Å². The summed E-state index contributed by atoms with van der Waals surface area (Å²) in [6.45, 7) is 4.02. The monoisotopic (exact) mass is 166 g/mol. The van der Waals surface area contributed by atoms with Gasteiger partial charge in [-0.3, -0.25) is 4.98 Å². The lowest BCUT2D eigenvalue weighted by molar-refractivity contribution is 0.860. The Hall–Kier alpha value is -1.16. The number of nitrogens with zero attached hydrogens (tertiary/aromatic N) is 2. The second-order valence-electron chi connectivity index (χ2n) is 2.70. The third-order valence-corrected chi connectivity index (χ3v) is 1.59. The van der Waals surface area contributed by atoms with Crippen LogP contribution in [0.1, 0.15) is 24.7 Å². The number of aromatic nitrogens is 2. The topological polar surface area (TPSA) is 63.8 Å². The molecule has 4 nitrogen and oxygen atoms in total. The number of nitrogens with two attached hydrogens (primary N) is 1. The van der Waals surface area contributed by atoms with Crippen molar-refractivity contribution >= 4 is 5.82 Å². The number of aryl methyl sites for hydroxylation is 2. The van der Waals surface area contributed by atoms with Gasteiger partial charge >= 0.3 is 0 Å². The number of nitrogens with one attached hydrogen (secondary N) is 1. The maximum atomic E-state index is 5.28. The molecule has 0 fully saturated rings. The lowest BCUT2D eigenvalue weighted by atomic mass is 10.2. The Morgan fingerprint density at radius 1 is 1.58 bits per heavy atom. The highest BCUT2D eigenvalue weighted by atomic mass is 15.3. The highest BCUT2D eigenvalue weighted by Crippen LogP contribution is 2.10. The zero-order valence-electron chi connectivity index (χ0n) is 7.46. The highest BCUT2D eigenvalue weighted by Gasteiger charge is 2.02. The summed E-state index contributed by atoms with van der Waals surface area (Å²) < 4.78 is 0. The number of hydrogen-bond donors (Lipinski definition) is 2. The summed E-state index contributed by atoms with van der Waals surface area (Å²) in [6, 6.07) is 0. The van der Waals surface area contributed by atoms with E-state index in [1.807, 2.05) is 6.92 Å². The van der Waals surface area contributed by atoms with E-state index in [0.717, 1.165) is 24.2 Å². The van der Waals surface area contributed by atoms with Gasteiger partial charge in [-0.05, 0) is 13.3 Å². The van der Waals surface area contributed by atoms with E-state index in [0.29, 0.717) is 5.82 Å². The van der Waals surface area contributed by atoms with Crippen LogP contribution < -0.4 is 11.3 Å². The molecule has 0 saturated carbocycles. The molecule has 0 aliphatic rings. The number of hydrogen-bond acceptors (Lipinski definition) is 4. The van der Waals surface area contributed by atoms with Gasteiger partial charge in [-0.15, -0.1) is 0 Å². The molecule has 1 aromatic rings. The second kappa shape index (κ2) is 4.01. The van der Waals surface area contributed by atoms with Crippen LogP contribution >= 0.6 is 0 Å². The summed E-state index contributed by atoms with van der Waals surface area (Å²) in [6.07, 6.45) is 3.66. The lowest BCUT2D eigenvalue weighted by Crippen LogP contribution is -2.12. The average molecular weight is 166 g/mol. The summed E-state index contributed by atoms with van der Waals surface area (Å²) >= 11 is 0. The van der Waals surface area contributed by atoms with Gasteiger partial charge in [0.25, 0.3) is 0 Å². The fourth-order valence-corrected chi connectivity index (χ4v) is 1.06. The van der Waals surface area contributed by atoms with Crippen LogP contribution in [-0.4, -0.2) is 9.97 Å². The van der Waals surface area contributed by atoms with E-state index >= 15 is 0 Å². The summed E-state index contributed by atoms with van der Waals surface area (Å²) in [7, 11) is 0. The summed E-state index contributed by atoms with van der Waals surface area (Å²) in [5.74, 6) is 5.96. The van der Waals surface area contributed by atoms with Crippen LogP contribution in [0.4, 0.5) is 5.82 Å². The summed E-state index contributed by atoms with van der Waals surface area (Å²) in [5, 5.41) is 0. The van der Waals surface area contributed by atoms with Crippen molar-refractivity contribution in [2.24, 2.45) is 5.84 Å². The first-order chi connectivity index (χ1) is 5.77. The van der Waals surface area contributed by atoms with Crippen molar-refractivity contribution in [3.05, 3.63) is 17.6 Å². The molecule has 0 bridgehead atoms. The van der Waals surface area contributed by atoms with Crippen LogP contribution in [0.15, 0.2) is 6.20 Å². The molecule has 0 spiro atoms. The molecule has 12 heavy (non-hydrogen) atoms. The highest BCUT2D eigenvalue weighted by molar-refractivity contribution is 5.38. The van der Waals surface area contributed by atoms with Crippen molar-refractivity contribution in [2.45, 2.75) is 26.7 Å². The van der Waals surface area contributed by atoms with E-state index in [4.69, 9.17) is 5.84 Å². The van der Waals surface area contributed by atoms with E-state index in [-0.39, 0.29) is 0 Å². The van der Waals surface area contributed by atoms with Gasteiger partial charge < -0.3 is 5.43 Å². The second-order valence-corrected chi connectivity index (χ2v) is 2.70. The first-order valence-electron chi connectivity index (χ1n) is 4.07. The molecule has 0 aromatic carbocycles. The molecule has 1 aromatic heterocycles. The van der Waals surface area contributed by atoms with Gasteiger partial charge in [0.15, 0.2) is 5.82 Å². The number of hydrazine groups is 1. The number of rotatable bonds is 3. The molecule has 1 heterocycles. The summed E-state index contributed by atoms with van der Waals surface area (Å²) in [5.41, 5.74) is 4.41. The van der Waals surface area contributed by atoms with Crippen LogP contribution in [0.2, 0.25) is 0 Å². The van der Waals surface area contributed by atoms with Crippen molar-refractivity contribution in [3.8, 4) is 0 Å². The predicted molar refractivity (Wildman–Crippen MR) is 48.6 cm³/mol. The zero-order chi connectivity index (χ0) is 8.97. The molecule has 0 amide bonds. The van der Waals surface area contributed by atoms with Gasteiger partial charge in [0.1, 0.15) is 0 Å². The lowest BCUT2D eigenvalue weighted by Gasteiger charge is -2.05. The minimum Gasteiger partial charge on any atom is -0.307 e. The van der Waals surface area contributed by atoms with Crippen LogP contribution in [0.5, 0.6) is 0 Å². The van der Waals surface area contributed by atoms with Gasteiger partial charge in [-0.1, -0.05) is 13.3 Å². The average Bonchev–Trinajstić information content (AvgIpc) is 2.05. The van der Waals surface area contributed by atoms with Crippen LogP contribution in [-0.2, 0) is 6.42 Å². The molecule has 0 radical (unpaired) electrons. The molecule has 0 atom stereocenters. The molecule has 4 heteroatoms. The standard InChI is InChI=1S/C8H14N4/c1-3-4-7-8(12-9)10-5-6(2)11-7/h5H,3-4,9H2,1-2H3,(H,10,12). The minimum atomic E-state index is 0.683. The summed E-state index contributed by atoms with van der Waals surface area (Å²) in [4.78, 5) is 8.45. The smallest absolute Gasteiger partial charge is 0.161 e. The third kappa shape index (κ3) is 1.92. The van der Waals surface area contributed by atoms with Gasteiger partial charge in [0, 0.05) is 0 Å². The fourth-order valence-electron chi connectivity index (χ4n) is 1.06. The zero-order valence-corrected chi connectivity index (χ0v) is 7.46. The maximum Gasteiger partial charge on any atom is 0.161 e. The van der Waals surface area contributed by atoms with Crippen molar-refractivity contribution in [1.82, 2.24) is 9.97 Å². The van der Waals surface area contributed by atoms with Crippen LogP contribution in [0.25, 0.3) is 0 Å². The molecule has 0 aliphatic carbocycles. The SMILES string of the molecule is CCCc1nc(C)cnc1NN. The Morgan fingerprint density at radius 3 is 2.92 bits per heavy atom. The molecule has 0 unspecified atom stereocenters. The van der Waals surface area contributed by atoms with Crippen molar-refractivity contribution in [1.29, 1.82) is 0 Å². The Bertz CT molecular complexity index is 259. The predicted octanol–water partition coefficient (Wildman–Crippen LogP) is 1.02. The number of anilines is 1. The van der Waals surface area contributed by atoms with Crippen molar-refractivity contribution in [3.63, 3.8) is 0 Å².